The Balaban J connectivity index is 1.36. The van der Waals surface area contributed by atoms with Crippen LogP contribution in [-0.4, -0.2) is 23.4 Å². The number of unbranched alkanes of at least 4 members (excludes halogenated alkanes) is 2. The molecule has 3 aromatic carbocycles. The van der Waals surface area contributed by atoms with Crippen LogP contribution in [0.3, 0.4) is 0 Å². The molecule has 0 amide bonds. The first-order valence-electron chi connectivity index (χ1n) is 10.4. The van der Waals surface area contributed by atoms with Crippen LogP contribution in [0.2, 0.25) is 0 Å². The molecule has 0 aliphatic carbocycles. The van der Waals surface area contributed by atoms with E-state index in [-0.39, 0.29) is 5.11 Å². The van der Waals surface area contributed by atoms with Crippen LogP contribution in [0.4, 0.5) is 11.4 Å². The minimum atomic E-state index is 0.231. The molecule has 0 saturated carbocycles. The van der Waals surface area contributed by atoms with Crippen molar-refractivity contribution < 1.29 is 4.74 Å². The van der Waals surface area contributed by atoms with Crippen molar-refractivity contribution in [3.8, 4) is 5.75 Å². The first-order chi connectivity index (χ1) is 15.0. The predicted molar refractivity (Wildman–Crippen MR) is 139 cm³/mol. The lowest BCUT2D eigenvalue weighted by molar-refractivity contribution is 0.305. The van der Waals surface area contributed by atoms with Gasteiger partial charge in [-0.1, -0.05) is 48.5 Å². The molecule has 3 aromatic rings. The third-order valence-electron chi connectivity index (χ3n) is 4.86. The number of benzene rings is 3. The molecule has 7 heteroatoms. The van der Waals surface area contributed by atoms with E-state index in [1.807, 2.05) is 49.4 Å². The Morgan fingerprint density at radius 1 is 0.871 bits per heavy atom. The van der Waals surface area contributed by atoms with Crippen molar-refractivity contribution in [3.63, 3.8) is 0 Å². The number of fused-ring (bicyclic) bond motifs is 1. The molecule has 0 heterocycles. The molecule has 0 fully saturated rings. The summed E-state index contributed by atoms with van der Waals surface area (Å²) >= 11 is 10.4. The molecule has 0 aromatic heterocycles. The van der Waals surface area contributed by atoms with Crippen LogP contribution >= 0.6 is 24.4 Å². The Morgan fingerprint density at radius 3 is 2.45 bits per heavy atom. The standard InChI is InChI=1S/C24H28N4OS2/c1-17-9-7-14-21(27-23(25)30)22(17)29-16-6-2-5-15-26-24(31)28-20-13-8-11-18-10-3-4-12-19(18)20/h3-4,7-14H,2,5-6,15-16H2,1H3,(H3,25,27,30)(H2,26,28,31). The van der Waals surface area contributed by atoms with Crippen LogP contribution in [0, 0.1) is 6.92 Å². The summed E-state index contributed by atoms with van der Waals surface area (Å²) in [6.07, 6.45) is 2.99. The first-order valence-corrected chi connectivity index (χ1v) is 11.2. The van der Waals surface area contributed by atoms with Gasteiger partial charge in [0.1, 0.15) is 5.75 Å². The zero-order chi connectivity index (χ0) is 22.1. The third-order valence-corrected chi connectivity index (χ3v) is 5.21. The molecule has 5 N–H and O–H groups in total. The second-order valence-corrected chi connectivity index (χ2v) is 8.11. The zero-order valence-corrected chi connectivity index (χ0v) is 19.2. The van der Waals surface area contributed by atoms with E-state index in [9.17, 15) is 0 Å². The Labute approximate surface area is 194 Å². The van der Waals surface area contributed by atoms with Gasteiger partial charge in [-0.05, 0) is 73.7 Å². The van der Waals surface area contributed by atoms with Crippen molar-refractivity contribution in [1.29, 1.82) is 0 Å². The molecule has 0 radical (unpaired) electrons. The van der Waals surface area contributed by atoms with E-state index < -0.39 is 0 Å². The Kier molecular flexibility index (Phi) is 8.44. The summed E-state index contributed by atoms with van der Waals surface area (Å²) in [4.78, 5) is 0. The van der Waals surface area contributed by atoms with Crippen molar-refractivity contribution in [2.45, 2.75) is 26.2 Å². The molecular weight excluding hydrogens is 424 g/mol. The molecule has 0 spiro atoms. The number of para-hydroxylation sites is 1. The molecule has 0 saturated heterocycles. The summed E-state index contributed by atoms with van der Waals surface area (Å²) in [5.74, 6) is 0.800. The van der Waals surface area contributed by atoms with Crippen molar-refractivity contribution in [3.05, 3.63) is 66.2 Å². The number of nitrogens with two attached hydrogens (primary N) is 1. The maximum absolute atomic E-state index is 5.98. The molecule has 3 rings (SSSR count). The van der Waals surface area contributed by atoms with Crippen molar-refractivity contribution in [1.82, 2.24) is 5.32 Å². The van der Waals surface area contributed by atoms with Crippen LogP contribution in [0.1, 0.15) is 24.8 Å². The number of rotatable bonds is 9. The van der Waals surface area contributed by atoms with Gasteiger partial charge in [-0.15, -0.1) is 0 Å². The van der Waals surface area contributed by atoms with E-state index in [2.05, 4.69) is 34.1 Å². The normalized spacial score (nSPS) is 10.5. The maximum atomic E-state index is 5.98. The van der Waals surface area contributed by atoms with Crippen LogP contribution in [0.25, 0.3) is 10.8 Å². The maximum Gasteiger partial charge on any atom is 0.170 e. The van der Waals surface area contributed by atoms with E-state index in [0.717, 1.165) is 53.9 Å². The van der Waals surface area contributed by atoms with Gasteiger partial charge in [0, 0.05) is 17.6 Å². The molecule has 5 nitrogen and oxygen atoms in total. The average molecular weight is 453 g/mol. The lowest BCUT2D eigenvalue weighted by Gasteiger charge is -2.15. The Hall–Kier alpha value is -2.90. The van der Waals surface area contributed by atoms with Crippen molar-refractivity contribution >= 4 is 56.8 Å². The van der Waals surface area contributed by atoms with Gasteiger partial charge in [0.2, 0.25) is 0 Å². The van der Waals surface area contributed by atoms with Gasteiger partial charge in [-0.25, -0.2) is 0 Å². The molecule has 31 heavy (non-hydrogen) atoms. The molecule has 0 atom stereocenters. The van der Waals surface area contributed by atoms with E-state index in [0.29, 0.717) is 11.7 Å². The second kappa shape index (κ2) is 11.5. The largest absolute Gasteiger partial charge is 0.491 e. The number of ether oxygens (including phenoxy) is 1. The van der Waals surface area contributed by atoms with Crippen LogP contribution in [-0.2, 0) is 0 Å². The average Bonchev–Trinajstić information content (AvgIpc) is 2.74. The van der Waals surface area contributed by atoms with Crippen molar-refractivity contribution in [2.24, 2.45) is 5.73 Å². The molecule has 0 unspecified atom stereocenters. The highest BCUT2D eigenvalue weighted by molar-refractivity contribution is 7.80. The fourth-order valence-electron chi connectivity index (χ4n) is 3.36. The fourth-order valence-corrected chi connectivity index (χ4v) is 3.68. The van der Waals surface area contributed by atoms with E-state index in [1.165, 1.54) is 5.39 Å². The number of hydrogen-bond acceptors (Lipinski definition) is 3. The van der Waals surface area contributed by atoms with Gasteiger partial charge in [0.05, 0.1) is 12.3 Å². The van der Waals surface area contributed by atoms with Gasteiger partial charge in [-0.2, -0.15) is 0 Å². The van der Waals surface area contributed by atoms with Gasteiger partial charge in [-0.3, -0.25) is 0 Å². The zero-order valence-electron chi connectivity index (χ0n) is 17.6. The summed E-state index contributed by atoms with van der Waals surface area (Å²) in [5.41, 5.74) is 8.47. The van der Waals surface area contributed by atoms with Crippen molar-refractivity contribution in [2.75, 3.05) is 23.8 Å². The number of thiocarbonyl (C=S) groups is 2. The summed E-state index contributed by atoms with van der Waals surface area (Å²) in [7, 11) is 0. The summed E-state index contributed by atoms with van der Waals surface area (Å²) in [6, 6.07) is 20.3. The third kappa shape index (κ3) is 6.80. The number of hydrogen-bond donors (Lipinski definition) is 4. The summed E-state index contributed by atoms with van der Waals surface area (Å²) in [5, 5.41) is 12.8. The van der Waals surface area contributed by atoms with Gasteiger partial charge >= 0.3 is 0 Å². The Bertz CT molecular complexity index is 1050. The minimum absolute atomic E-state index is 0.231. The first kappa shape index (κ1) is 22.8. The summed E-state index contributed by atoms with van der Waals surface area (Å²) < 4.78 is 5.98. The number of anilines is 2. The second-order valence-electron chi connectivity index (χ2n) is 7.26. The van der Waals surface area contributed by atoms with Gasteiger partial charge in [0.25, 0.3) is 0 Å². The highest BCUT2D eigenvalue weighted by Crippen LogP contribution is 2.28. The number of aryl methyl sites for hydroxylation is 1. The van der Waals surface area contributed by atoms with E-state index in [4.69, 9.17) is 34.9 Å². The lowest BCUT2D eigenvalue weighted by Crippen LogP contribution is -2.29. The monoisotopic (exact) mass is 452 g/mol. The van der Waals surface area contributed by atoms with Gasteiger partial charge in [0.15, 0.2) is 10.2 Å². The minimum Gasteiger partial charge on any atom is -0.491 e. The highest BCUT2D eigenvalue weighted by atomic mass is 32.1. The quantitative estimate of drug-likeness (QED) is 0.258. The van der Waals surface area contributed by atoms with E-state index >= 15 is 0 Å². The molecule has 0 aliphatic rings. The number of nitrogens with one attached hydrogen (secondary N) is 3. The smallest absolute Gasteiger partial charge is 0.170 e. The molecular formula is C24H28N4OS2. The molecule has 0 bridgehead atoms. The van der Waals surface area contributed by atoms with Crippen LogP contribution in [0.15, 0.2) is 60.7 Å². The molecule has 0 aliphatic heterocycles. The van der Waals surface area contributed by atoms with E-state index in [1.54, 1.807) is 0 Å². The van der Waals surface area contributed by atoms with Gasteiger partial charge < -0.3 is 26.4 Å². The fraction of sp³-hybridized carbons (Fsp3) is 0.250. The highest BCUT2D eigenvalue weighted by Gasteiger charge is 2.07. The topological polar surface area (TPSA) is 71.3 Å². The summed E-state index contributed by atoms with van der Waals surface area (Å²) in [6.45, 7) is 3.46. The predicted octanol–water partition coefficient (Wildman–Crippen LogP) is 5.34. The molecule has 162 valence electrons. The lowest BCUT2D eigenvalue weighted by atomic mass is 10.1. The van der Waals surface area contributed by atoms with Crippen LogP contribution in [0.5, 0.6) is 5.75 Å². The Morgan fingerprint density at radius 2 is 1.61 bits per heavy atom. The SMILES string of the molecule is Cc1cccc(NC(N)=S)c1OCCCCCNC(=S)Nc1cccc2ccccc12. The van der Waals surface area contributed by atoms with Crippen LogP contribution < -0.4 is 26.4 Å².